The summed E-state index contributed by atoms with van der Waals surface area (Å²) in [6.07, 6.45) is 2.48. The van der Waals surface area contributed by atoms with Crippen molar-refractivity contribution in [3.8, 4) is 0 Å². The van der Waals surface area contributed by atoms with Crippen LogP contribution in [-0.4, -0.2) is 16.8 Å². The van der Waals surface area contributed by atoms with E-state index in [9.17, 15) is 9.59 Å². The van der Waals surface area contributed by atoms with Crippen LogP contribution in [0.15, 0.2) is 54.7 Å². The Kier molecular flexibility index (Phi) is 5.45. The molecule has 5 nitrogen and oxygen atoms in total. The van der Waals surface area contributed by atoms with Gasteiger partial charge >= 0.3 is 0 Å². The summed E-state index contributed by atoms with van der Waals surface area (Å²) >= 11 is 0. The van der Waals surface area contributed by atoms with Crippen LogP contribution < -0.4 is 10.6 Å². The number of nitrogens with one attached hydrogen (secondary N) is 2. The number of nitrogens with zero attached hydrogens (tertiary/aromatic N) is 1. The molecule has 2 amide bonds. The molecule has 0 spiro atoms. The van der Waals surface area contributed by atoms with Gasteiger partial charge in [-0.3, -0.25) is 14.6 Å². The quantitative estimate of drug-likeness (QED) is 0.635. The van der Waals surface area contributed by atoms with Crippen molar-refractivity contribution in [2.24, 2.45) is 5.41 Å². The van der Waals surface area contributed by atoms with Crippen LogP contribution in [-0.2, 0) is 16.0 Å². The maximum atomic E-state index is 13.0. The molecule has 1 heterocycles. The highest BCUT2D eigenvalue weighted by Crippen LogP contribution is 2.27. The summed E-state index contributed by atoms with van der Waals surface area (Å²) in [5.41, 5.74) is 2.83. The van der Waals surface area contributed by atoms with Gasteiger partial charge < -0.3 is 10.6 Å². The van der Waals surface area contributed by atoms with Crippen LogP contribution >= 0.6 is 0 Å². The van der Waals surface area contributed by atoms with Crippen LogP contribution in [0.25, 0.3) is 10.9 Å². The average Bonchev–Trinajstić information content (AvgIpc) is 2.69. The maximum Gasteiger partial charge on any atom is 0.239 e. The molecule has 28 heavy (non-hydrogen) atoms. The van der Waals surface area contributed by atoms with Gasteiger partial charge in [-0.15, -0.1) is 0 Å². The highest BCUT2D eigenvalue weighted by atomic mass is 16.2. The van der Waals surface area contributed by atoms with Crippen LogP contribution in [0.2, 0.25) is 0 Å². The van der Waals surface area contributed by atoms with Crippen LogP contribution in [0.3, 0.4) is 0 Å². The molecule has 144 valence electrons. The molecule has 0 aliphatic heterocycles. The number of fused-ring (bicyclic) bond motifs is 1. The van der Waals surface area contributed by atoms with Crippen LogP contribution in [0.5, 0.6) is 0 Å². The van der Waals surface area contributed by atoms with Crippen molar-refractivity contribution in [3.05, 3.63) is 65.9 Å². The molecule has 1 aromatic heterocycles. The predicted octanol–water partition coefficient (Wildman–Crippen LogP) is 4.71. The summed E-state index contributed by atoms with van der Waals surface area (Å²) in [5.74, 6) is -0.725. The van der Waals surface area contributed by atoms with Gasteiger partial charge in [0.2, 0.25) is 11.8 Å². The fourth-order valence-corrected chi connectivity index (χ4v) is 3.06. The molecule has 0 fully saturated rings. The number of carbonyl (C=O) groups is 2. The lowest BCUT2D eigenvalue weighted by atomic mass is 9.90. The molecule has 0 unspecified atom stereocenters. The normalized spacial score (nSPS) is 11.3. The number of hydrogen-bond donors (Lipinski definition) is 2. The van der Waals surface area contributed by atoms with E-state index in [0.29, 0.717) is 11.2 Å². The van der Waals surface area contributed by atoms with Crippen LogP contribution in [0, 0.1) is 12.3 Å². The lowest BCUT2D eigenvalue weighted by Crippen LogP contribution is -2.42. The van der Waals surface area contributed by atoms with Gasteiger partial charge in [-0.2, -0.15) is 0 Å². The van der Waals surface area contributed by atoms with E-state index in [4.69, 9.17) is 0 Å². The average molecular weight is 375 g/mol. The fourth-order valence-electron chi connectivity index (χ4n) is 3.06. The molecule has 0 saturated carbocycles. The minimum atomic E-state index is -1.26. The predicted molar refractivity (Wildman–Crippen MR) is 113 cm³/mol. The summed E-state index contributed by atoms with van der Waals surface area (Å²) in [7, 11) is 0. The Morgan fingerprint density at radius 2 is 1.64 bits per heavy atom. The second-order valence-electron chi connectivity index (χ2n) is 7.38. The number of carbonyl (C=O) groups excluding carboxylic acids is 2. The summed E-state index contributed by atoms with van der Waals surface area (Å²) < 4.78 is 0. The van der Waals surface area contributed by atoms with E-state index in [0.717, 1.165) is 28.6 Å². The third-order valence-electron chi connectivity index (χ3n) is 4.99. The maximum absolute atomic E-state index is 13.0. The number of aryl methyl sites for hydroxylation is 2. The van der Waals surface area contributed by atoms with Crippen molar-refractivity contribution in [2.45, 2.75) is 34.1 Å². The van der Waals surface area contributed by atoms with E-state index in [1.54, 1.807) is 26.1 Å². The summed E-state index contributed by atoms with van der Waals surface area (Å²) in [6.45, 7) is 7.24. The van der Waals surface area contributed by atoms with Crippen molar-refractivity contribution >= 4 is 34.1 Å². The van der Waals surface area contributed by atoms with E-state index >= 15 is 0 Å². The fraction of sp³-hybridized carbons (Fsp3) is 0.261. The van der Waals surface area contributed by atoms with Gasteiger partial charge in [0.15, 0.2) is 0 Å². The topological polar surface area (TPSA) is 71.1 Å². The first kappa shape index (κ1) is 19.5. The van der Waals surface area contributed by atoms with E-state index < -0.39 is 5.41 Å². The standard InChI is InChI=1S/C23H25N3O2/c1-5-16-10-6-9-15(2)19(16)26-22(28)23(3,4)21(27)25-18-13-7-11-17-12-8-14-24-20(17)18/h6-14H,5H2,1-4H3,(H,25,27)(H,26,28). The number of aromatic nitrogens is 1. The SMILES string of the molecule is CCc1cccc(C)c1NC(=O)C(C)(C)C(=O)Nc1cccc2cccnc12. The highest BCUT2D eigenvalue weighted by molar-refractivity contribution is 6.15. The van der Waals surface area contributed by atoms with Gasteiger partial charge in [0.1, 0.15) is 5.41 Å². The molecule has 0 aliphatic carbocycles. The molecule has 2 N–H and O–H groups in total. The van der Waals surface area contributed by atoms with Crippen molar-refractivity contribution in [1.29, 1.82) is 0 Å². The molecule has 3 rings (SSSR count). The molecule has 0 radical (unpaired) electrons. The van der Waals surface area contributed by atoms with Gasteiger partial charge in [-0.05, 0) is 50.5 Å². The summed E-state index contributed by atoms with van der Waals surface area (Å²) in [4.78, 5) is 30.3. The number of benzene rings is 2. The summed E-state index contributed by atoms with van der Waals surface area (Å²) in [5, 5.41) is 6.76. The second-order valence-corrected chi connectivity index (χ2v) is 7.38. The molecular formula is C23H25N3O2. The molecular weight excluding hydrogens is 350 g/mol. The molecule has 0 saturated heterocycles. The Morgan fingerprint density at radius 3 is 2.39 bits per heavy atom. The molecule has 0 bridgehead atoms. The monoisotopic (exact) mass is 375 g/mol. The van der Waals surface area contributed by atoms with Crippen molar-refractivity contribution < 1.29 is 9.59 Å². The molecule has 2 aromatic carbocycles. The van der Waals surface area contributed by atoms with E-state index in [2.05, 4.69) is 15.6 Å². The van der Waals surface area contributed by atoms with Crippen molar-refractivity contribution in [1.82, 2.24) is 4.98 Å². The lowest BCUT2D eigenvalue weighted by molar-refractivity contribution is -0.135. The minimum Gasteiger partial charge on any atom is -0.325 e. The largest absolute Gasteiger partial charge is 0.325 e. The molecule has 5 heteroatoms. The van der Waals surface area contributed by atoms with E-state index in [-0.39, 0.29) is 11.8 Å². The van der Waals surface area contributed by atoms with Crippen molar-refractivity contribution in [3.63, 3.8) is 0 Å². The van der Waals surface area contributed by atoms with Crippen molar-refractivity contribution in [2.75, 3.05) is 10.6 Å². The Bertz CT molecular complexity index is 1040. The van der Waals surface area contributed by atoms with Gasteiger partial charge in [-0.1, -0.05) is 43.3 Å². The smallest absolute Gasteiger partial charge is 0.239 e. The highest BCUT2D eigenvalue weighted by Gasteiger charge is 2.37. The Balaban J connectivity index is 1.84. The van der Waals surface area contributed by atoms with E-state index in [1.165, 1.54) is 0 Å². The zero-order valence-electron chi connectivity index (χ0n) is 16.7. The van der Waals surface area contributed by atoms with E-state index in [1.807, 2.05) is 56.3 Å². The number of anilines is 2. The second kappa shape index (κ2) is 7.80. The Hall–Kier alpha value is -3.21. The Labute approximate surface area is 165 Å². The van der Waals surface area contributed by atoms with Gasteiger partial charge in [-0.25, -0.2) is 0 Å². The number of rotatable bonds is 5. The minimum absolute atomic E-state index is 0.345. The third-order valence-corrected chi connectivity index (χ3v) is 4.99. The Morgan fingerprint density at radius 1 is 0.964 bits per heavy atom. The van der Waals surface area contributed by atoms with Crippen LogP contribution in [0.1, 0.15) is 31.9 Å². The van der Waals surface area contributed by atoms with Gasteiger partial charge in [0.05, 0.1) is 11.2 Å². The zero-order valence-corrected chi connectivity index (χ0v) is 16.7. The molecule has 0 aliphatic rings. The lowest BCUT2D eigenvalue weighted by Gasteiger charge is -2.24. The first-order valence-electron chi connectivity index (χ1n) is 9.39. The summed E-state index contributed by atoms with van der Waals surface area (Å²) in [6, 6.07) is 15.3. The number of pyridine rings is 1. The zero-order chi connectivity index (χ0) is 20.3. The molecule has 3 aromatic rings. The van der Waals surface area contributed by atoms with Gasteiger partial charge in [0.25, 0.3) is 0 Å². The number of amides is 2. The number of para-hydroxylation sites is 2. The molecule has 0 atom stereocenters. The first-order valence-corrected chi connectivity index (χ1v) is 9.39. The van der Waals surface area contributed by atoms with Crippen LogP contribution in [0.4, 0.5) is 11.4 Å². The first-order chi connectivity index (χ1) is 13.3. The number of hydrogen-bond acceptors (Lipinski definition) is 3. The third kappa shape index (κ3) is 3.74. The van der Waals surface area contributed by atoms with Gasteiger partial charge in [0, 0.05) is 17.3 Å².